The van der Waals surface area contributed by atoms with Crippen LogP contribution >= 0.6 is 11.3 Å². The molecule has 12 heteroatoms. The van der Waals surface area contributed by atoms with E-state index >= 15 is 0 Å². The molecule has 0 unspecified atom stereocenters. The van der Waals surface area contributed by atoms with Crippen molar-refractivity contribution in [2.24, 2.45) is 5.92 Å². The number of sulfonamides is 1. The highest BCUT2D eigenvalue weighted by atomic mass is 32.2. The monoisotopic (exact) mass is 461 g/mol. The molecule has 0 spiro atoms. The van der Waals surface area contributed by atoms with Crippen LogP contribution in [0.15, 0.2) is 46.7 Å². The second-order valence-corrected chi connectivity index (χ2v) is 9.45. The van der Waals surface area contributed by atoms with E-state index in [1.54, 1.807) is 17.5 Å². The van der Waals surface area contributed by atoms with E-state index in [1.807, 2.05) is 0 Å². The Labute approximate surface area is 174 Å². The molecule has 1 aromatic carbocycles. The van der Waals surface area contributed by atoms with Crippen LogP contribution in [-0.4, -0.2) is 37.6 Å². The second-order valence-electron chi connectivity index (χ2n) is 6.59. The summed E-state index contributed by atoms with van der Waals surface area (Å²) in [6.07, 6.45) is -4.56. The molecule has 2 N–H and O–H groups in total. The summed E-state index contributed by atoms with van der Waals surface area (Å²) in [7, 11) is -4.37. The Balaban J connectivity index is 1.61. The van der Waals surface area contributed by atoms with Gasteiger partial charge in [0.25, 0.3) is 5.91 Å². The van der Waals surface area contributed by atoms with Gasteiger partial charge in [0.05, 0.1) is 15.3 Å². The SMILES string of the molecule is O=C(NNC(=O)C1CCN(S(=O)(=O)c2ccccc2C(F)(F)F)CC1)c1cccs1. The number of hydrogen-bond acceptors (Lipinski definition) is 5. The van der Waals surface area contributed by atoms with Crippen LogP contribution < -0.4 is 10.9 Å². The third-order valence-corrected chi connectivity index (χ3v) is 7.50. The molecule has 2 aromatic rings. The molecule has 0 bridgehead atoms. The summed E-state index contributed by atoms with van der Waals surface area (Å²) >= 11 is 1.21. The van der Waals surface area contributed by atoms with Crippen LogP contribution in [-0.2, 0) is 21.0 Å². The molecule has 2 amide bonds. The molecular weight excluding hydrogens is 443 g/mol. The van der Waals surface area contributed by atoms with Crippen molar-refractivity contribution in [3.05, 3.63) is 52.2 Å². The van der Waals surface area contributed by atoms with E-state index in [0.29, 0.717) is 4.88 Å². The van der Waals surface area contributed by atoms with Crippen LogP contribution in [0.1, 0.15) is 28.1 Å². The van der Waals surface area contributed by atoms with Crippen LogP contribution in [0.3, 0.4) is 0 Å². The van der Waals surface area contributed by atoms with Crippen molar-refractivity contribution in [3.63, 3.8) is 0 Å². The predicted molar refractivity (Wildman–Crippen MR) is 103 cm³/mol. The number of hydrogen-bond donors (Lipinski definition) is 2. The van der Waals surface area contributed by atoms with Gasteiger partial charge in [0.2, 0.25) is 15.9 Å². The smallest absolute Gasteiger partial charge is 0.273 e. The molecule has 0 atom stereocenters. The number of amides is 2. The Morgan fingerprint density at radius 1 is 1.03 bits per heavy atom. The maximum absolute atomic E-state index is 13.2. The van der Waals surface area contributed by atoms with Crippen molar-refractivity contribution in [1.82, 2.24) is 15.2 Å². The molecule has 162 valence electrons. The zero-order valence-corrected chi connectivity index (χ0v) is 17.1. The first kappa shape index (κ1) is 22.2. The quantitative estimate of drug-likeness (QED) is 0.685. The summed E-state index contributed by atoms with van der Waals surface area (Å²) in [5, 5.41) is 1.71. The molecular formula is C18H18F3N3O4S2. The topological polar surface area (TPSA) is 95.6 Å². The van der Waals surface area contributed by atoms with Crippen molar-refractivity contribution in [2.45, 2.75) is 23.9 Å². The lowest BCUT2D eigenvalue weighted by atomic mass is 9.98. The number of carbonyl (C=O) groups is 2. The fourth-order valence-electron chi connectivity index (χ4n) is 3.11. The number of carbonyl (C=O) groups excluding carboxylic acids is 2. The summed E-state index contributed by atoms with van der Waals surface area (Å²) in [5.41, 5.74) is 3.37. The van der Waals surface area contributed by atoms with Gasteiger partial charge in [-0.2, -0.15) is 17.5 Å². The number of benzene rings is 1. The summed E-state index contributed by atoms with van der Waals surface area (Å²) in [6, 6.07) is 7.30. The molecule has 1 aliphatic heterocycles. The van der Waals surface area contributed by atoms with Gasteiger partial charge in [0, 0.05) is 19.0 Å². The largest absolute Gasteiger partial charge is 0.417 e. The molecule has 1 fully saturated rings. The maximum Gasteiger partial charge on any atom is 0.417 e. The fourth-order valence-corrected chi connectivity index (χ4v) is 5.41. The first-order chi connectivity index (χ1) is 14.1. The number of alkyl halides is 3. The zero-order valence-electron chi connectivity index (χ0n) is 15.5. The van der Waals surface area contributed by atoms with E-state index in [4.69, 9.17) is 0 Å². The Morgan fingerprint density at radius 2 is 1.70 bits per heavy atom. The molecule has 1 aliphatic rings. The number of hydrazine groups is 1. The van der Waals surface area contributed by atoms with E-state index in [1.165, 1.54) is 17.4 Å². The van der Waals surface area contributed by atoms with Gasteiger partial charge in [-0.1, -0.05) is 18.2 Å². The number of nitrogens with zero attached hydrogens (tertiary/aromatic N) is 1. The van der Waals surface area contributed by atoms with Crippen molar-refractivity contribution in [2.75, 3.05) is 13.1 Å². The van der Waals surface area contributed by atoms with E-state index in [2.05, 4.69) is 10.9 Å². The molecule has 0 saturated carbocycles. The molecule has 30 heavy (non-hydrogen) atoms. The standard InChI is InChI=1S/C18H18F3N3O4S2/c19-18(20,21)13-4-1-2-6-15(13)30(27,28)24-9-7-12(8-10-24)16(25)22-23-17(26)14-5-3-11-29-14/h1-6,11-12H,7-10H2,(H,22,25)(H,23,26). The number of halogens is 3. The van der Waals surface area contributed by atoms with Gasteiger partial charge < -0.3 is 0 Å². The summed E-state index contributed by atoms with van der Waals surface area (Å²) in [5.74, 6) is -1.52. The summed E-state index contributed by atoms with van der Waals surface area (Å²) in [6.45, 7) is -0.211. The molecule has 3 rings (SSSR count). The van der Waals surface area contributed by atoms with Gasteiger partial charge >= 0.3 is 6.18 Å². The van der Waals surface area contributed by atoms with Crippen molar-refractivity contribution >= 4 is 33.2 Å². The van der Waals surface area contributed by atoms with Gasteiger partial charge in [-0.15, -0.1) is 11.3 Å². The number of nitrogens with one attached hydrogen (secondary N) is 2. The molecule has 2 heterocycles. The lowest BCUT2D eigenvalue weighted by Gasteiger charge is -2.31. The van der Waals surface area contributed by atoms with Crippen molar-refractivity contribution in [1.29, 1.82) is 0 Å². The predicted octanol–water partition coefficient (Wildman–Crippen LogP) is 2.63. The van der Waals surface area contributed by atoms with Crippen LogP contribution in [0.4, 0.5) is 13.2 Å². The molecule has 0 radical (unpaired) electrons. The van der Waals surface area contributed by atoms with Crippen LogP contribution in [0.25, 0.3) is 0 Å². The van der Waals surface area contributed by atoms with Gasteiger partial charge in [-0.25, -0.2) is 8.42 Å². The average molecular weight is 461 g/mol. The highest BCUT2D eigenvalue weighted by molar-refractivity contribution is 7.89. The van der Waals surface area contributed by atoms with Crippen molar-refractivity contribution < 1.29 is 31.2 Å². The van der Waals surface area contributed by atoms with E-state index in [9.17, 15) is 31.2 Å². The van der Waals surface area contributed by atoms with E-state index in [0.717, 1.165) is 22.5 Å². The van der Waals surface area contributed by atoms with Crippen LogP contribution in [0, 0.1) is 5.92 Å². The first-order valence-corrected chi connectivity index (χ1v) is 11.2. The van der Waals surface area contributed by atoms with Gasteiger partial charge in [-0.3, -0.25) is 20.4 Å². The Bertz CT molecular complexity index is 1020. The third kappa shape index (κ3) is 4.82. The highest BCUT2D eigenvalue weighted by Crippen LogP contribution is 2.36. The average Bonchev–Trinajstić information content (AvgIpc) is 3.26. The summed E-state index contributed by atoms with van der Waals surface area (Å²) < 4.78 is 66.0. The molecule has 7 nitrogen and oxygen atoms in total. The Kier molecular flexibility index (Phi) is 6.48. The molecule has 0 aliphatic carbocycles. The van der Waals surface area contributed by atoms with Gasteiger partial charge in [0.1, 0.15) is 0 Å². The van der Waals surface area contributed by atoms with Crippen molar-refractivity contribution in [3.8, 4) is 0 Å². The maximum atomic E-state index is 13.2. The fraction of sp³-hybridized carbons (Fsp3) is 0.333. The second kappa shape index (κ2) is 8.74. The Hall–Kier alpha value is -2.44. The zero-order chi connectivity index (χ0) is 21.9. The number of piperidine rings is 1. The van der Waals surface area contributed by atoms with E-state index in [-0.39, 0.29) is 25.9 Å². The minimum absolute atomic E-state index is 0.106. The lowest BCUT2D eigenvalue weighted by molar-refractivity contribution is -0.139. The molecule has 1 saturated heterocycles. The van der Waals surface area contributed by atoms with Gasteiger partial charge in [-0.05, 0) is 36.4 Å². The van der Waals surface area contributed by atoms with Gasteiger partial charge in [0.15, 0.2) is 0 Å². The first-order valence-electron chi connectivity index (χ1n) is 8.91. The third-order valence-electron chi connectivity index (χ3n) is 4.68. The normalized spacial score (nSPS) is 16.2. The van der Waals surface area contributed by atoms with E-state index < -0.39 is 44.4 Å². The van der Waals surface area contributed by atoms with Crippen LogP contribution in [0.5, 0.6) is 0 Å². The molecule has 1 aromatic heterocycles. The Morgan fingerprint density at radius 3 is 2.30 bits per heavy atom. The minimum Gasteiger partial charge on any atom is -0.273 e. The minimum atomic E-state index is -4.80. The van der Waals surface area contributed by atoms with Crippen LogP contribution in [0.2, 0.25) is 0 Å². The summed E-state index contributed by atoms with van der Waals surface area (Å²) in [4.78, 5) is 23.7. The lowest BCUT2D eigenvalue weighted by Crippen LogP contribution is -2.48. The highest BCUT2D eigenvalue weighted by Gasteiger charge is 2.40. The number of rotatable bonds is 4. The number of thiophene rings is 1.